The van der Waals surface area contributed by atoms with E-state index in [1.807, 2.05) is 12.1 Å². The van der Waals surface area contributed by atoms with Gasteiger partial charge in [-0.05, 0) is 29.8 Å². The summed E-state index contributed by atoms with van der Waals surface area (Å²) in [5.74, 6) is -0.118. The smallest absolute Gasteiger partial charge is 0.228 e. The van der Waals surface area contributed by atoms with Crippen molar-refractivity contribution in [2.75, 3.05) is 5.32 Å². The molecule has 0 heterocycles. The zero-order valence-corrected chi connectivity index (χ0v) is 12.2. The largest absolute Gasteiger partial charge is 0.389 e. The van der Waals surface area contributed by atoms with Crippen molar-refractivity contribution in [3.8, 4) is 0 Å². The third kappa shape index (κ3) is 4.05. The van der Waals surface area contributed by atoms with Gasteiger partial charge in [-0.15, -0.1) is 0 Å². The van der Waals surface area contributed by atoms with Crippen molar-refractivity contribution < 1.29 is 4.79 Å². The number of nitrogens with two attached hydrogens (primary N) is 1. The molecule has 0 saturated heterocycles. The van der Waals surface area contributed by atoms with E-state index in [-0.39, 0.29) is 12.3 Å². The number of benzene rings is 2. The molecule has 2 rings (SSSR count). The van der Waals surface area contributed by atoms with Crippen molar-refractivity contribution in [1.82, 2.24) is 0 Å². The summed E-state index contributed by atoms with van der Waals surface area (Å²) in [4.78, 5) is 12.3. The van der Waals surface area contributed by atoms with E-state index in [1.165, 1.54) is 0 Å². The first-order valence-electron chi connectivity index (χ1n) is 5.99. The minimum Gasteiger partial charge on any atom is -0.389 e. The second-order valence-electron chi connectivity index (χ2n) is 4.30. The Bertz CT molecular complexity index is 658. The van der Waals surface area contributed by atoms with Crippen LogP contribution in [0.25, 0.3) is 0 Å². The molecule has 1 amide bonds. The number of rotatable bonds is 4. The van der Waals surface area contributed by atoms with Gasteiger partial charge in [0.15, 0.2) is 0 Å². The van der Waals surface area contributed by atoms with Crippen LogP contribution in [-0.4, -0.2) is 10.9 Å². The summed E-state index contributed by atoms with van der Waals surface area (Å²) in [6.45, 7) is 0. The number of carbonyl (C=O) groups is 1. The summed E-state index contributed by atoms with van der Waals surface area (Å²) < 4.78 is 0. The maximum absolute atomic E-state index is 12.0. The lowest BCUT2D eigenvalue weighted by Crippen LogP contribution is -2.15. The summed E-state index contributed by atoms with van der Waals surface area (Å²) >= 11 is 10.8. The quantitative estimate of drug-likeness (QED) is 0.853. The highest BCUT2D eigenvalue weighted by Gasteiger charge is 2.05. The molecule has 0 bridgehead atoms. The molecule has 0 radical (unpaired) electrons. The molecule has 0 atom stereocenters. The molecule has 0 aliphatic carbocycles. The highest BCUT2D eigenvalue weighted by molar-refractivity contribution is 7.80. The van der Waals surface area contributed by atoms with Crippen LogP contribution in [0.2, 0.25) is 5.02 Å². The topological polar surface area (TPSA) is 55.1 Å². The first-order valence-corrected chi connectivity index (χ1v) is 6.77. The van der Waals surface area contributed by atoms with Gasteiger partial charge in [0.1, 0.15) is 4.99 Å². The van der Waals surface area contributed by atoms with Gasteiger partial charge in [-0.3, -0.25) is 4.79 Å². The van der Waals surface area contributed by atoms with E-state index in [0.717, 1.165) is 11.1 Å². The van der Waals surface area contributed by atoms with Crippen LogP contribution in [0, 0.1) is 0 Å². The van der Waals surface area contributed by atoms with Gasteiger partial charge in [0.05, 0.1) is 6.42 Å². The van der Waals surface area contributed by atoms with Crippen molar-refractivity contribution in [1.29, 1.82) is 0 Å². The zero-order chi connectivity index (χ0) is 14.5. The second-order valence-corrected chi connectivity index (χ2v) is 5.18. The molecular weight excluding hydrogens is 292 g/mol. The van der Waals surface area contributed by atoms with Gasteiger partial charge >= 0.3 is 0 Å². The van der Waals surface area contributed by atoms with E-state index >= 15 is 0 Å². The Balaban J connectivity index is 2.04. The van der Waals surface area contributed by atoms with Gasteiger partial charge in [-0.25, -0.2) is 0 Å². The third-order valence-corrected chi connectivity index (χ3v) is 3.16. The molecule has 0 aliphatic rings. The van der Waals surface area contributed by atoms with Crippen LogP contribution < -0.4 is 11.1 Å². The number of hydrogen-bond acceptors (Lipinski definition) is 2. The predicted molar refractivity (Wildman–Crippen MR) is 86.1 cm³/mol. The average molecular weight is 305 g/mol. The summed E-state index contributed by atoms with van der Waals surface area (Å²) in [6, 6.07) is 14.4. The summed E-state index contributed by atoms with van der Waals surface area (Å²) in [5.41, 5.74) is 7.81. The van der Waals surface area contributed by atoms with E-state index in [9.17, 15) is 4.79 Å². The van der Waals surface area contributed by atoms with Crippen LogP contribution in [-0.2, 0) is 11.2 Å². The maximum atomic E-state index is 12.0. The van der Waals surface area contributed by atoms with Crippen molar-refractivity contribution in [3.63, 3.8) is 0 Å². The highest BCUT2D eigenvalue weighted by atomic mass is 35.5. The van der Waals surface area contributed by atoms with Gasteiger partial charge in [0.2, 0.25) is 5.91 Å². The number of amides is 1. The molecule has 0 saturated carbocycles. The number of anilines is 1. The van der Waals surface area contributed by atoms with E-state index in [2.05, 4.69) is 5.32 Å². The molecule has 0 unspecified atom stereocenters. The molecule has 5 heteroatoms. The Labute approximate surface area is 127 Å². The molecule has 2 aromatic carbocycles. The van der Waals surface area contributed by atoms with E-state index in [1.54, 1.807) is 36.4 Å². The first kappa shape index (κ1) is 14.5. The second kappa shape index (κ2) is 6.50. The third-order valence-electron chi connectivity index (χ3n) is 2.68. The van der Waals surface area contributed by atoms with Crippen LogP contribution in [0.1, 0.15) is 11.1 Å². The summed E-state index contributed by atoms with van der Waals surface area (Å²) in [5, 5.41) is 3.42. The molecule has 0 spiro atoms. The van der Waals surface area contributed by atoms with Crippen LogP contribution in [0.3, 0.4) is 0 Å². The van der Waals surface area contributed by atoms with Crippen LogP contribution in [0.4, 0.5) is 5.69 Å². The molecule has 0 aliphatic heterocycles. The predicted octanol–water partition coefficient (Wildman–Crippen LogP) is 3.16. The molecule has 2 aromatic rings. The number of carbonyl (C=O) groups excluding carboxylic acids is 1. The molecule has 102 valence electrons. The SMILES string of the molecule is NC(=S)c1cccc(NC(=O)Cc2cccc(Cl)c2)c1. The van der Waals surface area contributed by atoms with E-state index in [0.29, 0.717) is 15.7 Å². The number of thiocarbonyl (C=S) groups is 1. The molecule has 0 aromatic heterocycles. The van der Waals surface area contributed by atoms with Crippen LogP contribution >= 0.6 is 23.8 Å². The maximum Gasteiger partial charge on any atom is 0.228 e. The molecule has 3 nitrogen and oxygen atoms in total. The van der Waals surface area contributed by atoms with Gasteiger partial charge < -0.3 is 11.1 Å². The highest BCUT2D eigenvalue weighted by Crippen LogP contribution is 2.13. The lowest BCUT2D eigenvalue weighted by atomic mass is 10.1. The van der Waals surface area contributed by atoms with Crippen molar-refractivity contribution in [3.05, 3.63) is 64.7 Å². The Kier molecular flexibility index (Phi) is 4.71. The molecule has 0 fully saturated rings. The summed E-state index contributed by atoms with van der Waals surface area (Å²) in [7, 11) is 0. The number of nitrogens with one attached hydrogen (secondary N) is 1. The van der Waals surface area contributed by atoms with Crippen molar-refractivity contribution in [2.24, 2.45) is 5.73 Å². The fourth-order valence-corrected chi connectivity index (χ4v) is 2.13. The Morgan fingerprint density at radius 2 is 1.95 bits per heavy atom. The lowest BCUT2D eigenvalue weighted by Gasteiger charge is -2.07. The normalized spacial score (nSPS) is 10.1. The van der Waals surface area contributed by atoms with Crippen molar-refractivity contribution in [2.45, 2.75) is 6.42 Å². The monoisotopic (exact) mass is 304 g/mol. The Hall–Kier alpha value is -1.91. The summed E-state index contributed by atoms with van der Waals surface area (Å²) in [6.07, 6.45) is 0.262. The minimum absolute atomic E-state index is 0.118. The first-order chi connectivity index (χ1) is 9.54. The van der Waals surface area contributed by atoms with Crippen LogP contribution in [0.5, 0.6) is 0 Å². The number of hydrogen-bond donors (Lipinski definition) is 2. The fourth-order valence-electron chi connectivity index (χ4n) is 1.79. The Morgan fingerprint density at radius 1 is 1.20 bits per heavy atom. The average Bonchev–Trinajstić information content (AvgIpc) is 2.38. The zero-order valence-electron chi connectivity index (χ0n) is 10.6. The Morgan fingerprint density at radius 3 is 2.65 bits per heavy atom. The van der Waals surface area contributed by atoms with Gasteiger partial charge in [0.25, 0.3) is 0 Å². The van der Waals surface area contributed by atoms with Gasteiger partial charge in [-0.2, -0.15) is 0 Å². The molecule has 20 heavy (non-hydrogen) atoms. The minimum atomic E-state index is -0.118. The number of halogens is 1. The van der Waals surface area contributed by atoms with E-state index < -0.39 is 0 Å². The molecular formula is C15H13ClN2OS. The lowest BCUT2D eigenvalue weighted by molar-refractivity contribution is -0.115. The van der Waals surface area contributed by atoms with Crippen LogP contribution in [0.15, 0.2) is 48.5 Å². The van der Waals surface area contributed by atoms with Crippen molar-refractivity contribution >= 4 is 40.4 Å². The fraction of sp³-hybridized carbons (Fsp3) is 0.0667. The molecule has 3 N–H and O–H groups in total. The van der Waals surface area contributed by atoms with Gasteiger partial charge in [-0.1, -0.05) is 48.1 Å². The standard InChI is InChI=1S/C15H13ClN2OS/c16-12-5-1-3-10(7-12)8-14(19)18-13-6-2-4-11(9-13)15(17)20/h1-7,9H,8H2,(H2,17,20)(H,18,19). The van der Waals surface area contributed by atoms with E-state index in [4.69, 9.17) is 29.6 Å². The van der Waals surface area contributed by atoms with Gasteiger partial charge in [0, 0.05) is 16.3 Å².